The number of hydrogen-bond acceptors (Lipinski definition) is 2. The maximum absolute atomic E-state index is 13.5. The van der Waals surface area contributed by atoms with Gasteiger partial charge in [0.05, 0.1) is 17.4 Å². The minimum absolute atomic E-state index is 0.105. The molecule has 106 valence electrons. The zero-order chi connectivity index (χ0) is 14.7. The highest BCUT2D eigenvalue weighted by Gasteiger charge is 2.13. The van der Waals surface area contributed by atoms with Crippen LogP contribution in [0.1, 0.15) is 15.9 Å². The molecule has 1 aromatic carbocycles. The highest BCUT2D eigenvalue weighted by molar-refractivity contribution is 6.04. The summed E-state index contributed by atoms with van der Waals surface area (Å²) in [5, 5.41) is 6.08. The van der Waals surface area contributed by atoms with Crippen LogP contribution in [-0.4, -0.2) is 22.1 Å². The predicted molar refractivity (Wildman–Crippen MR) is 67.3 cm³/mol. The van der Waals surface area contributed by atoms with Gasteiger partial charge in [0.25, 0.3) is 12.3 Å². The Bertz CT molecular complexity index is 625. The smallest absolute Gasteiger partial charge is 0.258 e. The Morgan fingerprint density at radius 2 is 2.20 bits per heavy atom. The summed E-state index contributed by atoms with van der Waals surface area (Å²) < 4.78 is 38.8. The lowest BCUT2D eigenvalue weighted by molar-refractivity contribution is 0.102. The number of amides is 1. The van der Waals surface area contributed by atoms with Crippen LogP contribution in [0.15, 0.2) is 30.6 Å². The molecule has 20 heavy (non-hydrogen) atoms. The molecule has 2 rings (SSSR count). The third-order valence-electron chi connectivity index (χ3n) is 2.58. The van der Waals surface area contributed by atoms with Gasteiger partial charge in [-0.1, -0.05) is 11.6 Å². The van der Waals surface area contributed by atoms with Gasteiger partial charge in [0.1, 0.15) is 12.4 Å². The van der Waals surface area contributed by atoms with Crippen molar-refractivity contribution in [2.75, 3.05) is 5.32 Å². The molecule has 1 heterocycles. The Morgan fingerprint density at radius 3 is 2.90 bits per heavy atom. The second-order valence-electron chi connectivity index (χ2n) is 4.28. The van der Waals surface area contributed by atoms with Crippen LogP contribution < -0.4 is 5.32 Å². The first-order chi connectivity index (χ1) is 9.45. The van der Waals surface area contributed by atoms with Gasteiger partial charge >= 0.3 is 0 Å². The van der Waals surface area contributed by atoms with Gasteiger partial charge in [-0.25, -0.2) is 13.2 Å². The van der Waals surface area contributed by atoms with Crippen LogP contribution in [0.25, 0.3) is 0 Å². The monoisotopic (exact) mass is 283 g/mol. The molecule has 0 radical (unpaired) electrons. The molecule has 0 fully saturated rings. The summed E-state index contributed by atoms with van der Waals surface area (Å²) in [6, 6.07) is 4.16. The van der Waals surface area contributed by atoms with E-state index in [4.69, 9.17) is 0 Å². The molecule has 0 aliphatic rings. The molecule has 0 saturated heterocycles. The number of alkyl halides is 2. The fourth-order valence-electron chi connectivity index (χ4n) is 1.68. The van der Waals surface area contributed by atoms with Crippen LogP contribution >= 0.6 is 0 Å². The summed E-state index contributed by atoms with van der Waals surface area (Å²) in [5.74, 6) is -1.30. The first-order valence-corrected chi connectivity index (χ1v) is 5.84. The van der Waals surface area contributed by atoms with E-state index in [0.717, 1.165) is 10.2 Å². The molecular formula is C13H12F3N3O. The number of hydrogen-bond donors (Lipinski definition) is 1. The van der Waals surface area contributed by atoms with Gasteiger partial charge in [-0.05, 0) is 19.1 Å². The molecule has 0 aliphatic heterocycles. The molecule has 1 aromatic heterocycles. The summed E-state index contributed by atoms with van der Waals surface area (Å²) >= 11 is 0. The number of carbonyl (C=O) groups is 1. The minimum atomic E-state index is -2.53. The molecule has 4 nitrogen and oxygen atoms in total. The molecule has 1 amide bonds. The Morgan fingerprint density at radius 1 is 1.45 bits per heavy atom. The Balaban J connectivity index is 2.11. The first-order valence-electron chi connectivity index (χ1n) is 5.84. The van der Waals surface area contributed by atoms with E-state index in [1.54, 1.807) is 13.0 Å². The van der Waals surface area contributed by atoms with E-state index in [9.17, 15) is 18.0 Å². The summed E-state index contributed by atoms with van der Waals surface area (Å²) in [6.07, 6.45) is -0.0428. The average Bonchev–Trinajstić information content (AvgIpc) is 2.78. The van der Waals surface area contributed by atoms with Crippen LogP contribution in [0.5, 0.6) is 0 Å². The number of nitrogens with zero attached hydrogens (tertiary/aromatic N) is 2. The molecule has 0 saturated carbocycles. The molecule has 0 spiro atoms. The fourth-order valence-corrected chi connectivity index (χ4v) is 1.68. The number of benzene rings is 1. The predicted octanol–water partition coefficient (Wildman–Crippen LogP) is 2.85. The molecule has 0 bridgehead atoms. The largest absolute Gasteiger partial charge is 0.319 e. The van der Waals surface area contributed by atoms with E-state index >= 15 is 0 Å². The van der Waals surface area contributed by atoms with Gasteiger partial charge in [-0.2, -0.15) is 5.10 Å². The maximum Gasteiger partial charge on any atom is 0.258 e. The number of anilines is 1. The third kappa shape index (κ3) is 3.37. The van der Waals surface area contributed by atoms with Crippen molar-refractivity contribution in [3.8, 4) is 0 Å². The molecule has 0 atom stereocenters. The SMILES string of the molecule is Cc1ccc(F)c(C(=O)Nc2cnn(CC(F)F)c2)c1. The van der Waals surface area contributed by atoms with Crippen molar-refractivity contribution >= 4 is 11.6 Å². The fraction of sp³-hybridized carbons (Fsp3) is 0.231. The highest BCUT2D eigenvalue weighted by Crippen LogP contribution is 2.13. The molecule has 7 heteroatoms. The van der Waals surface area contributed by atoms with Gasteiger partial charge in [0.15, 0.2) is 0 Å². The number of carbonyl (C=O) groups excluding carboxylic acids is 1. The standard InChI is InChI=1S/C13H12F3N3O/c1-8-2-3-11(14)10(4-8)13(20)18-9-5-17-19(6-9)7-12(15)16/h2-6,12H,7H2,1H3,(H,18,20). The summed E-state index contributed by atoms with van der Waals surface area (Å²) in [7, 11) is 0. The van der Waals surface area contributed by atoms with Gasteiger partial charge < -0.3 is 5.32 Å². The molecule has 0 unspecified atom stereocenters. The van der Waals surface area contributed by atoms with Crippen LogP contribution in [0.4, 0.5) is 18.9 Å². The van der Waals surface area contributed by atoms with Crippen molar-refractivity contribution < 1.29 is 18.0 Å². The van der Waals surface area contributed by atoms with Gasteiger partial charge in [-0.3, -0.25) is 9.48 Å². The second-order valence-corrected chi connectivity index (χ2v) is 4.28. The maximum atomic E-state index is 13.5. The molecule has 0 aliphatic carbocycles. The van der Waals surface area contributed by atoms with Crippen LogP contribution in [0.2, 0.25) is 0 Å². The van der Waals surface area contributed by atoms with Crippen LogP contribution in [-0.2, 0) is 6.54 Å². The van der Waals surface area contributed by atoms with E-state index in [1.807, 2.05) is 0 Å². The lowest BCUT2D eigenvalue weighted by Gasteiger charge is -2.05. The highest BCUT2D eigenvalue weighted by atomic mass is 19.3. The minimum Gasteiger partial charge on any atom is -0.319 e. The summed E-state index contributed by atoms with van der Waals surface area (Å²) in [4.78, 5) is 11.9. The summed E-state index contributed by atoms with van der Waals surface area (Å²) in [5.41, 5.74) is 0.869. The summed E-state index contributed by atoms with van der Waals surface area (Å²) in [6.45, 7) is 1.17. The number of nitrogens with one attached hydrogen (secondary N) is 1. The van der Waals surface area contributed by atoms with E-state index < -0.39 is 24.7 Å². The number of aromatic nitrogens is 2. The van der Waals surface area contributed by atoms with Crippen LogP contribution in [0.3, 0.4) is 0 Å². The number of halogens is 3. The van der Waals surface area contributed by atoms with E-state index in [-0.39, 0.29) is 11.3 Å². The zero-order valence-electron chi connectivity index (χ0n) is 10.6. The van der Waals surface area contributed by atoms with E-state index in [1.165, 1.54) is 24.5 Å². The quantitative estimate of drug-likeness (QED) is 0.938. The molecular weight excluding hydrogens is 271 g/mol. The topological polar surface area (TPSA) is 46.9 Å². The second kappa shape index (κ2) is 5.77. The first kappa shape index (κ1) is 14.1. The third-order valence-corrected chi connectivity index (χ3v) is 2.58. The Kier molecular flexibility index (Phi) is 4.07. The van der Waals surface area contributed by atoms with Gasteiger partial charge in [0.2, 0.25) is 0 Å². The lowest BCUT2D eigenvalue weighted by atomic mass is 10.1. The number of aryl methyl sites for hydroxylation is 1. The van der Waals surface area contributed by atoms with Crippen molar-refractivity contribution in [3.05, 3.63) is 47.5 Å². The zero-order valence-corrected chi connectivity index (χ0v) is 10.6. The van der Waals surface area contributed by atoms with Gasteiger partial charge in [0, 0.05) is 6.20 Å². The molecule has 2 aromatic rings. The number of rotatable bonds is 4. The lowest BCUT2D eigenvalue weighted by Crippen LogP contribution is -2.13. The van der Waals surface area contributed by atoms with E-state index in [0.29, 0.717) is 0 Å². The van der Waals surface area contributed by atoms with E-state index in [2.05, 4.69) is 10.4 Å². The Hall–Kier alpha value is -2.31. The normalized spacial score (nSPS) is 10.8. The van der Waals surface area contributed by atoms with Crippen molar-refractivity contribution in [3.63, 3.8) is 0 Å². The Labute approximate surface area is 113 Å². The van der Waals surface area contributed by atoms with Crippen molar-refractivity contribution in [1.29, 1.82) is 0 Å². The van der Waals surface area contributed by atoms with Crippen molar-refractivity contribution in [2.45, 2.75) is 19.9 Å². The van der Waals surface area contributed by atoms with Crippen molar-refractivity contribution in [1.82, 2.24) is 9.78 Å². The average molecular weight is 283 g/mol. The molecule has 1 N–H and O–H groups in total. The van der Waals surface area contributed by atoms with Crippen LogP contribution in [0, 0.1) is 12.7 Å². The van der Waals surface area contributed by atoms with Crippen molar-refractivity contribution in [2.24, 2.45) is 0 Å². The van der Waals surface area contributed by atoms with Gasteiger partial charge in [-0.15, -0.1) is 0 Å².